The van der Waals surface area contributed by atoms with E-state index in [1.165, 1.54) is 12.0 Å². The van der Waals surface area contributed by atoms with E-state index in [0.717, 1.165) is 36.9 Å². The number of benzene rings is 1. The summed E-state index contributed by atoms with van der Waals surface area (Å²) in [5, 5.41) is 6.83. The quantitative estimate of drug-likeness (QED) is 0.824. The second-order valence-electron chi connectivity index (χ2n) is 5.05. The summed E-state index contributed by atoms with van der Waals surface area (Å²) in [7, 11) is 5.36. The summed E-state index contributed by atoms with van der Waals surface area (Å²) in [6.45, 7) is 2.28. The van der Waals surface area contributed by atoms with E-state index >= 15 is 0 Å². The van der Waals surface area contributed by atoms with Gasteiger partial charge in [0.2, 0.25) is 0 Å². The average Bonchev–Trinajstić information content (AvgIpc) is 2.97. The molecule has 1 saturated heterocycles. The van der Waals surface area contributed by atoms with Crippen LogP contribution in [0, 0.1) is 5.92 Å². The van der Waals surface area contributed by atoms with Gasteiger partial charge in [-0.3, -0.25) is 0 Å². The molecule has 0 aliphatic carbocycles. The summed E-state index contributed by atoms with van der Waals surface area (Å²) in [6.07, 6.45) is 2.42. The van der Waals surface area contributed by atoms with Crippen molar-refractivity contribution < 1.29 is 9.47 Å². The van der Waals surface area contributed by atoms with Crippen molar-refractivity contribution in [2.45, 2.75) is 18.9 Å². The third-order valence-corrected chi connectivity index (χ3v) is 3.89. The molecule has 4 heteroatoms. The van der Waals surface area contributed by atoms with Crippen molar-refractivity contribution in [1.29, 1.82) is 0 Å². The molecule has 0 aromatic heterocycles. The van der Waals surface area contributed by atoms with E-state index < -0.39 is 0 Å². The van der Waals surface area contributed by atoms with Gasteiger partial charge < -0.3 is 20.1 Å². The van der Waals surface area contributed by atoms with Crippen molar-refractivity contribution in [3.8, 4) is 11.5 Å². The van der Waals surface area contributed by atoms with E-state index in [-0.39, 0.29) is 0 Å². The Bertz CT molecular complexity index is 403. The normalized spacial score (nSPS) is 20.3. The molecule has 0 bridgehead atoms. The van der Waals surface area contributed by atoms with Crippen LogP contribution in [-0.4, -0.2) is 34.4 Å². The highest BCUT2D eigenvalue weighted by Crippen LogP contribution is 2.32. The van der Waals surface area contributed by atoms with Gasteiger partial charge in [-0.15, -0.1) is 0 Å². The van der Waals surface area contributed by atoms with Gasteiger partial charge in [0.25, 0.3) is 0 Å². The van der Waals surface area contributed by atoms with Crippen LogP contribution in [0.15, 0.2) is 18.2 Å². The molecule has 2 N–H and O–H groups in total. The number of hydrogen-bond acceptors (Lipinski definition) is 4. The standard InChI is InChI=1S/C15H24N2O2/c1-16-13(8-11-6-7-17-10-11)12-4-5-14(18-2)15(9-12)19-3/h4-5,9,11,13,16-17H,6-8,10H2,1-3H3. The van der Waals surface area contributed by atoms with Crippen LogP contribution in [0.2, 0.25) is 0 Å². The first kappa shape index (κ1) is 14.2. The van der Waals surface area contributed by atoms with E-state index in [4.69, 9.17) is 9.47 Å². The number of methoxy groups -OCH3 is 2. The Labute approximate surface area is 115 Å². The van der Waals surface area contributed by atoms with Crippen molar-refractivity contribution in [3.63, 3.8) is 0 Å². The third kappa shape index (κ3) is 3.39. The second kappa shape index (κ2) is 6.78. The molecule has 1 aromatic carbocycles. The molecule has 4 nitrogen and oxygen atoms in total. The summed E-state index contributed by atoms with van der Waals surface area (Å²) >= 11 is 0. The first-order valence-corrected chi connectivity index (χ1v) is 6.88. The lowest BCUT2D eigenvalue weighted by Crippen LogP contribution is -2.21. The predicted molar refractivity (Wildman–Crippen MR) is 76.9 cm³/mol. The summed E-state index contributed by atoms with van der Waals surface area (Å²) in [5.74, 6) is 2.33. The van der Waals surface area contributed by atoms with E-state index in [1.54, 1.807) is 14.2 Å². The van der Waals surface area contributed by atoms with Gasteiger partial charge in [-0.2, -0.15) is 0 Å². The van der Waals surface area contributed by atoms with Crippen molar-refractivity contribution >= 4 is 0 Å². The maximum Gasteiger partial charge on any atom is 0.161 e. The van der Waals surface area contributed by atoms with Crippen LogP contribution >= 0.6 is 0 Å². The number of hydrogen-bond donors (Lipinski definition) is 2. The Morgan fingerprint density at radius 2 is 2.11 bits per heavy atom. The molecule has 1 aliphatic rings. The molecule has 19 heavy (non-hydrogen) atoms. The fourth-order valence-electron chi connectivity index (χ4n) is 2.74. The maximum absolute atomic E-state index is 5.38. The smallest absolute Gasteiger partial charge is 0.161 e. The molecule has 0 amide bonds. The number of ether oxygens (including phenoxy) is 2. The van der Waals surface area contributed by atoms with Crippen LogP contribution in [0.4, 0.5) is 0 Å². The van der Waals surface area contributed by atoms with Gasteiger partial charge in [-0.05, 0) is 56.6 Å². The molecule has 2 atom stereocenters. The molecular weight excluding hydrogens is 240 g/mol. The van der Waals surface area contributed by atoms with Crippen LogP contribution in [0.5, 0.6) is 11.5 Å². The molecule has 2 unspecified atom stereocenters. The fraction of sp³-hybridized carbons (Fsp3) is 0.600. The van der Waals surface area contributed by atoms with Gasteiger partial charge >= 0.3 is 0 Å². The number of nitrogens with one attached hydrogen (secondary N) is 2. The van der Waals surface area contributed by atoms with Gasteiger partial charge in [-0.25, -0.2) is 0 Å². The Morgan fingerprint density at radius 1 is 1.32 bits per heavy atom. The summed E-state index contributed by atoms with van der Waals surface area (Å²) in [6, 6.07) is 6.53. The molecule has 0 spiro atoms. The van der Waals surface area contributed by atoms with Crippen LogP contribution in [0.3, 0.4) is 0 Å². The average molecular weight is 264 g/mol. The van der Waals surface area contributed by atoms with Crippen LogP contribution in [0.25, 0.3) is 0 Å². The molecule has 1 aromatic rings. The van der Waals surface area contributed by atoms with Crippen molar-refractivity contribution in [3.05, 3.63) is 23.8 Å². The third-order valence-electron chi connectivity index (χ3n) is 3.89. The second-order valence-corrected chi connectivity index (χ2v) is 5.05. The van der Waals surface area contributed by atoms with Crippen molar-refractivity contribution in [1.82, 2.24) is 10.6 Å². The van der Waals surface area contributed by atoms with Crippen LogP contribution in [0.1, 0.15) is 24.4 Å². The molecule has 2 rings (SSSR count). The molecule has 1 fully saturated rings. The van der Waals surface area contributed by atoms with E-state index in [0.29, 0.717) is 6.04 Å². The highest BCUT2D eigenvalue weighted by atomic mass is 16.5. The minimum Gasteiger partial charge on any atom is -0.493 e. The van der Waals surface area contributed by atoms with Crippen molar-refractivity contribution in [2.75, 3.05) is 34.4 Å². The minimum absolute atomic E-state index is 0.365. The monoisotopic (exact) mass is 264 g/mol. The van der Waals surface area contributed by atoms with Gasteiger partial charge in [0.15, 0.2) is 11.5 Å². The zero-order chi connectivity index (χ0) is 13.7. The maximum atomic E-state index is 5.38. The zero-order valence-electron chi connectivity index (χ0n) is 12.0. The van der Waals surface area contributed by atoms with Gasteiger partial charge in [0, 0.05) is 6.04 Å². The van der Waals surface area contributed by atoms with Gasteiger partial charge in [0.05, 0.1) is 14.2 Å². The molecule has 0 saturated carbocycles. The molecule has 0 radical (unpaired) electrons. The van der Waals surface area contributed by atoms with Crippen LogP contribution < -0.4 is 20.1 Å². The highest BCUT2D eigenvalue weighted by molar-refractivity contribution is 5.43. The van der Waals surface area contributed by atoms with E-state index in [1.807, 2.05) is 13.1 Å². The summed E-state index contributed by atoms with van der Waals surface area (Å²) in [5.41, 5.74) is 1.26. The molecule has 1 aliphatic heterocycles. The van der Waals surface area contributed by atoms with Crippen LogP contribution in [-0.2, 0) is 0 Å². The lowest BCUT2D eigenvalue weighted by molar-refractivity contribution is 0.353. The molecular formula is C15H24N2O2. The lowest BCUT2D eigenvalue weighted by Gasteiger charge is -2.21. The fourth-order valence-corrected chi connectivity index (χ4v) is 2.74. The van der Waals surface area contributed by atoms with Gasteiger partial charge in [0.1, 0.15) is 0 Å². The molecule has 106 valence electrons. The molecule has 1 heterocycles. The van der Waals surface area contributed by atoms with E-state index in [9.17, 15) is 0 Å². The summed E-state index contributed by atoms with van der Waals surface area (Å²) in [4.78, 5) is 0. The SMILES string of the molecule is CNC(CC1CCNC1)c1ccc(OC)c(OC)c1. The number of rotatable bonds is 6. The first-order valence-electron chi connectivity index (χ1n) is 6.88. The lowest BCUT2D eigenvalue weighted by atomic mass is 9.94. The minimum atomic E-state index is 0.365. The van der Waals surface area contributed by atoms with Crippen molar-refractivity contribution in [2.24, 2.45) is 5.92 Å². The Balaban J connectivity index is 2.12. The Kier molecular flexibility index (Phi) is 5.05. The predicted octanol–water partition coefficient (Wildman–Crippen LogP) is 1.96. The largest absolute Gasteiger partial charge is 0.493 e. The summed E-state index contributed by atoms with van der Waals surface area (Å²) < 4.78 is 10.7. The zero-order valence-corrected chi connectivity index (χ0v) is 12.0. The first-order chi connectivity index (χ1) is 9.28. The Hall–Kier alpha value is -1.26. The topological polar surface area (TPSA) is 42.5 Å². The highest BCUT2D eigenvalue weighted by Gasteiger charge is 2.20. The van der Waals surface area contributed by atoms with E-state index in [2.05, 4.69) is 22.8 Å². The Morgan fingerprint density at radius 3 is 2.68 bits per heavy atom. The van der Waals surface area contributed by atoms with Gasteiger partial charge in [-0.1, -0.05) is 6.07 Å².